The first-order valence-electron chi connectivity index (χ1n) is 8.56. The van der Waals surface area contributed by atoms with Gasteiger partial charge < -0.3 is 4.90 Å². The summed E-state index contributed by atoms with van der Waals surface area (Å²) in [6.45, 7) is 6.05. The van der Waals surface area contributed by atoms with Gasteiger partial charge in [-0.3, -0.25) is 4.79 Å². The third-order valence-electron chi connectivity index (χ3n) is 4.47. The number of benzene rings is 1. The number of amides is 1. The fourth-order valence-electron chi connectivity index (χ4n) is 2.92. The third kappa shape index (κ3) is 4.38. The molecule has 1 aromatic carbocycles. The fourth-order valence-corrected chi connectivity index (χ4v) is 3.83. The normalized spacial score (nSPS) is 15.5. The minimum atomic E-state index is 0.0734. The van der Waals surface area contributed by atoms with Crippen LogP contribution in [0.2, 0.25) is 0 Å². The van der Waals surface area contributed by atoms with Gasteiger partial charge >= 0.3 is 0 Å². The van der Waals surface area contributed by atoms with Crippen molar-refractivity contribution in [3.8, 4) is 0 Å². The molecule has 1 amide bonds. The molecule has 0 saturated carbocycles. The number of pyridine rings is 1. The number of carbonyl (C=O) groups excluding carboxylic acids is 1. The minimum absolute atomic E-state index is 0.0734. The summed E-state index contributed by atoms with van der Waals surface area (Å²) in [6.07, 6.45) is 2.18. The van der Waals surface area contributed by atoms with E-state index in [2.05, 4.69) is 43.1 Å². The Labute approximate surface area is 148 Å². The first kappa shape index (κ1) is 17.0. The predicted octanol–water partition coefficient (Wildman–Crippen LogP) is 4.55. The lowest BCUT2D eigenvalue weighted by atomic mass is 9.99. The van der Waals surface area contributed by atoms with E-state index in [1.807, 2.05) is 23.1 Å². The molecule has 2 aromatic rings. The number of nitrogens with zero attached hydrogens (tertiary/aromatic N) is 2. The second-order valence-corrected chi connectivity index (χ2v) is 7.64. The van der Waals surface area contributed by atoms with Crippen LogP contribution < -0.4 is 0 Å². The average Bonchev–Trinajstić information content (AvgIpc) is 2.60. The maximum absolute atomic E-state index is 12.6. The maximum Gasteiger partial charge on any atom is 0.272 e. The van der Waals surface area contributed by atoms with Gasteiger partial charge in [-0.25, -0.2) is 4.98 Å². The van der Waals surface area contributed by atoms with Gasteiger partial charge in [-0.2, -0.15) is 0 Å². The summed E-state index contributed by atoms with van der Waals surface area (Å²) in [4.78, 5) is 20.4. The fraction of sp³-hybridized carbons (Fsp3) is 0.400. The zero-order chi connectivity index (χ0) is 16.9. The molecule has 0 unspecified atom stereocenters. The molecule has 24 heavy (non-hydrogen) atoms. The van der Waals surface area contributed by atoms with Crippen LogP contribution in [0.15, 0.2) is 47.4 Å². The second kappa shape index (κ2) is 7.84. The lowest BCUT2D eigenvalue weighted by Crippen LogP contribution is -2.38. The number of aromatic nitrogens is 1. The van der Waals surface area contributed by atoms with Crippen LogP contribution >= 0.6 is 11.8 Å². The van der Waals surface area contributed by atoms with Crippen molar-refractivity contribution in [2.24, 2.45) is 5.92 Å². The zero-order valence-corrected chi connectivity index (χ0v) is 15.2. The van der Waals surface area contributed by atoms with Crippen molar-refractivity contribution < 1.29 is 4.79 Å². The van der Waals surface area contributed by atoms with Gasteiger partial charge in [-0.1, -0.05) is 30.7 Å². The predicted molar refractivity (Wildman–Crippen MR) is 99.3 cm³/mol. The van der Waals surface area contributed by atoms with Gasteiger partial charge in [0.15, 0.2) is 0 Å². The summed E-state index contributed by atoms with van der Waals surface area (Å²) in [6, 6.07) is 14.2. The van der Waals surface area contributed by atoms with Gasteiger partial charge in [0.25, 0.3) is 5.91 Å². The Morgan fingerprint density at radius 3 is 2.71 bits per heavy atom. The summed E-state index contributed by atoms with van der Waals surface area (Å²) in [5.41, 5.74) is 2.79. The number of carbonyl (C=O) groups is 1. The van der Waals surface area contributed by atoms with E-state index in [1.54, 1.807) is 11.8 Å². The molecule has 0 radical (unpaired) electrons. The van der Waals surface area contributed by atoms with Crippen LogP contribution in [0.3, 0.4) is 0 Å². The van der Waals surface area contributed by atoms with E-state index in [0.717, 1.165) is 43.3 Å². The summed E-state index contributed by atoms with van der Waals surface area (Å²) < 4.78 is 0. The van der Waals surface area contributed by atoms with E-state index in [1.165, 1.54) is 10.5 Å². The molecular weight excluding hydrogens is 316 g/mol. The molecule has 1 saturated heterocycles. The number of aryl methyl sites for hydroxylation is 1. The second-order valence-electron chi connectivity index (χ2n) is 6.59. The lowest BCUT2D eigenvalue weighted by molar-refractivity contribution is 0.0691. The number of likely N-dealkylation sites (tertiary alicyclic amines) is 1. The van der Waals surface area contributed by atoms with E-state index in [0.29, 0.717) is 5.69 Å². The molecular formula is C20H24N2OS. The van der Waals surface area contributed by atoms with E-state index < -0.39 is 0 Å². The Hall–Kier alpha value is -1.81. The Balaban J connectivity index is 1.64. The summed E-state index contributed by atoms with van der Waals surface area (Å²) in [5.74, 6) is 1.57. The Bertz CT molecular complexity index is 708. The number of hydrogen-bond acceptors (Lipinski definition) is 3. The Morgan fingerprint density at radius 1 is 1.21 bits per heavy atom. The molecule has 0 atom stereocenters. The molecule has 0 bridgehead atoms. The van der Waals surface area contributed by atoms with Gasteiger partial charge in [0.2, 0.25) is 0 Å². The molecule has 1 aliphatic rings. The largest absolute Gasteiger partial charge is 0.337 e. The first-order valence-corrected chi connectivity index (χ1v) is 9.55. The Morgan fingerprint density at radius 2 is 1.96 bits per heavy atom. The minimum Gasteiger partial charge on any atom is -0.337 e. The van der Waals surface area contributed by atoms with Crippen LogP contribution in [0, 0.1) is 12.8 Å². The van der Waals surface area contributed by atoms with Crippen molar-refractivity contribution in [1.29, 1.82) is 0 Å². The smallest absolute Gasteiger partial charge is 0.272 e. The van der Waals surface area contributed by atoms with Crippen molar-refractivity contribution in [3.63, 3.8) is 0 Å². The van der Waals surface area contributed by atoms with E-state index in [9.17, 15) is 4.79 Å². The van der Waals surface area contributed by atoms with Crippen LogP contribution in [0.1, 0.15) is 41.5 Å². The highest BCUT2D eigenvalue weighted by Crippen LogP contribution is 2.23. The van der Waals surface area contributed by atoms with Crippen molar-refractivity contribution >= 4 is 17.7 Å². The molecule has 126 valence electrons. The average molecular weight is 340 g/mol. The number of rotatable bonds is 4. The van der Waals surface area contributed by atoms with Crippen LogP contribution in [0.4, 0.5) is 0 Å². The van der Waals surface area contributed by atoms with Crippen molar-refractivity contribution in [2.75, 3.05) is 13.1 Å². The summed E-state index contributed by atoms with van der Waals surface area (Å²) in [5, 5.41) is 0. The highest BCUT2D eigenvalue weighted by molar-refractivity contribution is 7.98. The molecule has 0 spiro atoms. The molecule has 1 fully saturated rings. The van der Waals surface area contributed by atoms with Gasteiger partial charge in [0.1, 0.15) is 5.69 Å². The molecule has 0 N–H and O–H groups in total. The highest BCUT2D eigenvalue weighted by Gasteiger charge is 2.22. The van der Waals surface area contributed by atoms with Crippen molar-refractivity contribution in [2.45, 2.75) is 37.3 Å². The standard InChI is InChI=1S/C20H24N2OS/c1-15-9-11-22(12-10-15)20(23)19-8-4-6-17(21-19)14-24-18-7-3-5-16(2)13-18/h3-8,13,15H,9-12,14H2,1-2H3. The highest BCUT2D eigenvalue weighted by atomic mass is 32.2. The van der Waals surface area contributed by atoms with Gasteiger partial charge in [-0.05, 0) is 49.9 Å². The molecule has 4 heteroatoms. The van der Waals surface area contributed by atoms with Crippen LogP contribution in [0.25, 0.3) is 0 Å². The van der Waals surface area contributed by atoms with E-state index in [-0.39, 0.29) is 5.91 Å². The van der Waals surface area contributed by atoms with Gasteiger partial charge in [0.05, 0.1) is 5.69 Å². The number of hydrogen-bond donors (Lipinski definition) is 0. The van der Waals surface area contributed by atoms with Crippen LogP contribution in [-0.2, 0) is 5.75 Å². The maximum atomic E-state index is 12.6. The van der Waals surface area contributed by atoms with Gasteiger partial charge in [-0.15, -0.1) is 11.8 Å². The van der Waals surface area contributed by atoms with Gasteiger partial charge in [0, 0.05) is 23.7 Å². The topological polar surface area (TPSA) is 33.2 Å². The van der Waals surface area contributed by atoms with E-state index >= 15 is 0 Å². The molecule has 3 nitrogen and oxygen atoms in total. The summed E-state index contributed by atoms with van der Waals surface area (Å²) in [7, 11) is 0. The SMILES string of the molecule is Cc1cccc(SCc2cccc(C(=O)N3CCC(C)CC3)n2)c1. The lowest BCUT2D eigenvalue weighted by Gasteiger charge is -2.30. The third-order valence-corrected chi connectivity index (χ3v) is 5.50. The first-order chi connectivity index (χ1) is 11.6. The number of piperidine rings is 1. The molecule has 1 aliphatic heterocycles. The van der Waals surface area contributed by atoms with E-state index in [4.69, 9.17) is 0 Å². The van der Waals surface area contributed by atoms with Crippen LogP contribution in [-0.4, -0.2) is 28.9 Å². The monoisotopic (exact) mass is 340 g/mol. The molecule has 0 aliphatic carbocycles. The molecule has 2 heterocycles. The quantitative estimate of drug-likeness (QED) is 0.765. The Kier molecular flexibility index (Phi) is 5.56. The molecule has 1 aromatic heterocycles. The summed E-state index contributed by atoms with van der Waals surface area (Å²) >= 11 is 1.76. The van der Waals surface area contributed by atoms with Crippen LogP contribution in [0.5, 0.6) is 0 Å². The van der Waals surface area contributed by atoms with Crippen molar-refractivity contribution in [3.05, 3.63) is 59.4 Å². The van der Waals surface area contributed by atoms with Crippen molar-refractivity contribution in [1.82, 2.24) is 9.88 Å². The number of thioether (sulfide) groups is 1. The zero-order valence-electron chi connectivity index (χ0n) is 14.4. The molecule has 3 rings (SSSR count).